The van der Waals surface area contributed by atoms with Crippen molar-refractivity contribution in [1.29, 1.82) is 0 Å². The lowest BCUT2D eigenvalue weighted by Gasteiger charge is -1.94. The fourth-order valence-corrected chi connectivity index (χ4v) is 0.472. The van der Waals surface area contributed by atoms with Crippen molar-refractivity contribution in [1.82, 2.24) is 10.2 Å². The van der Waals surface area contributed by atoms with Crippen LogP contribution in [0.4, 0.5) is 0 Å². The zero-order valence-corrected chi connectivity index (χ0v) is 5.00. The van der Waals surface area contributed by atoms with E-state index in [0.29, 0.717) is 12.5 Å². The van der Waals surface area contributed by atoms with Crippen LogP contribution in [0.3, 0.4) is 0 Å². The van der Waals surface area contributed by atoms with Crippen molar-refractivity contribution in [3.8, 4) is 5.88 Å². The van der Waals surface area contributed by atoms with Crippen LogP contribution in [0.15, 0.2) is 24.9 Å². The number of aromatic nitrogens is 2. The van der Waals surface area contributed by atoms with Crippen molar-refractivity contribution in [3.63, 3.8) is 0 Å². The number of aromatic amines is 1. The van der Waals surface area contributed by atoms with Gasteiger partial charge in [-0.15, -0.1) is 0 Å². The van der Waals surface area contributed by atoms with E-state index < -0.39 is 0 Å². The molecule has 0 fully saturated rings. The van der Waals surface area contributed by atoms with E-state index in [-0.39, 0.29) is 0 Å². The molecule has 0 bridgehead atoms. The van der Waals surface area contributed by atoms with Gasteiger partial charge in [0.05, 0.1) is 6.20 Å². The summed E-state index contributed by atoms with van der Waals surface area (Å²) in [6.07, 6.45) is 3.32. The molecule has 0 aliphatic heterocycles. The van der Waals surface area contributed by atoms with E-state index in [1.165, 1.54) is 0 Å². The predicted molar refractivity (Wildman–Crippen MR) is 34.3 cm³/mol. The second-order valence-electron chi connectivity index (χ2n) is 1.52. The molecule has 1 N–H and O–H groups in total. The summed E-state index contributed by atoms with van der Waals surface area (Å²) in [4.78, 5) is 0. The fraction of sp³-hybridized carbons (Fsp3) is 0.167. The summed E-state index contributed by atoms with van der Waals surface area (Å²) in [7, 11) is 0. The topological polar surface area (TPSA) is 37.9 Å². The molecule has 1 aromatic heterocycles. The number of H-pyrrole nitrogens is 1. The Morgan fingerprint density at radius 2 is 2.78 bits per heavy atom. The van der Waals surface area contributed by atoms with Crippen molar-refractivity contribution in [2.24, 2.45) is 0 Å². The van der Waals surface area contributed by atoms with E-state index >= 15 is 0 Å². The molecule has 0 spiro atoms. The zero-order valence-electron chi connectivity index (χ0n) is 5.00. The summed E-state index contributed by atoms with van der Waals surface area (Å²) in [6, 6.07) is 1.75. The van der Waals surface area contributed by atoms with Crippen molar-refractivity contribution >= 4 is 0 Å². The molecule has 3 heteroatoms. The third-order valence-corrected chi connectivity index (χ3v) is 0.832. The standard InChI is InChI=1S/C6H8N2O/c1-2-5-9-6-3-4-7-8-6/h2-4H,1,5H2,(H,7,8). The Labute approximate surface area is 53.3 Å². The highest BCUT2D eigenvalue weighted by atomic mass is 16.5. The minimum Gasteiger partial charge on any atom is -0.474 e. The Balaban J connectivity index is 2.38. The van der Waals surface area contributed by atoms with Crippen LogP contribution in [0.1, 0.15) is 0 Å². The van der Waals surface area contributed by atoms with Gasteiger partial charge in [-0.25, -0.2) is 5.10 Å². The zero-order chi connectivity index (χ0) is 6.53. The molecule has 0 aliphatic carbocycles. The second kappa shape index (κ2) is 2.91. The SMILES string of the molecule is C=CCOc1ccn[nH]1. The molecule has 0 amide bonds. The van der Waals surface area contributed by atoms with Crippen molar-refractivity contribution in [2.75, 3.05) is 6.61 Å². The molecule has 48 valence electrons. The second-order valence-corrected chi connectivity index (χ2v) is 1.52. The summed E-state index contributed by atoms with van der Waals surface area (Å²) < 4.78 is 5.06. The van der Waals surface area contributed by atoms with Crippen LogP contribution < -0.4 is 4.74 Å². The summed E-state index contributed by atoms with van der Waals surface area (Å²) in [5.74, 6) is 0.676. The largest absolute Gasteiger partial charge is 0.474 e. The summed E-state index contributed by atoms with van der Waals surface area (Å²) in [5, 5.41) is 6.34. The number of hydrogen-bond donors (Lipinski definition) is 1. The first-order valence-electron chi connectivity index (χ1n) is 2.66. The van der Waals surface area contributed by atoms with E-state index in [4.69, 9.17) is 4.74 Å². The molecule has 1 rings (SSSR count). The number of hydrogen-bond acceptors (Lipinski definition) is 2. The Hall–Kier alpha value is -1.25. The lowest BCUT2D eigenvalue weighted by atomic mass is 10.6. The van der Waals surface area contributed by atoms with E-state index in [0.717, 1.165) is 0 Å². The van der Waals surface area contributed by atoms with Crippen LogP contribution in [-0.4, -0.2) is 16.8 Å². The van der Waals surface area contributed by atoms with Crippen LogP contribution in [-0.2, 0) is 0 Å². The van der Waals surface area contributed by atoms with Gasteiger partial charge in [0.2, 0.25) is 5.88 Å². The minimum atomic E-state index is 0.516. The first kappa shape index (κ1) is 5.88. The molecule has 0 unspecified atom stereocenters. The molecular weight excluding hydrogens is 116 g/mol. The van der Waals surface area contributed by atoms with Crippen LogP contribution in [0.2, 0.25) is 0 Å². The normalized spacial score (nSPS) is 8.89. The van der Waals surface area contributed by atoms with Crippen LogP contribution >= 0.6 is 0 Å². The Morgan fingerprint density at radius 1 is 1.89 bits per heavy atom. The first-order valence-corrected chi connectivity index (χ1v) is 2.66. The minimum absolute atomic E-state index is 0.516. The third-order valence-electron chi connectivity index (χ3n) is 0.832. The van der Waals surface area contributed by atoms with E-state index in [9.17, 15) is 0 Å². The smallest absolute Gasteiger partial charge is 0.209 e. The number of nitrogens with one attached hydrogen (secondary N) is 1. The van der Waals surface area contributed by atoms with Crippen LogP contribution in [0, 0.1) is 0 Å². The molecule has 1 aromatic rings. The molecule has 0 saturated heterocycles. The summed E-state index contributed by atoms with van der Waals surface area (Å²) >= 11 is 0. The Morgan fingerprint density at radius 3 is 3.33 bits per heavy atom. The van der Waals surface area contributed by atoms with Gasteiger partial charge in [-0.05, 0) is 0 Å². The maximum absolute atomic E-state index is 5.06. The quantitative estimate of drug-likeness (QED) is 0.610. The predicted octanol–water partition coefficient (Wildman–Crippen LogP) is 0.974. The highest BCUT2D eigenvalue weighted by Gasteiger charge is 1.87. The average molecular weight is 124 g/mol. The summed E-state index contributed by atoms with van der Waals surface area (Å²) in [6.45, 7) is 4.02. The molecule has 0 aromatic carbocycles. The molecule has 1 heterocycles. The highest BCUT2D eigenvalue weighted by molar-refractivity contribution is 5.04. The van der Waals surface area contributed by atoms with E-state index in [1.54, 1.807) is 18.3 Å². The van der Waals surface area contributed by atoms with Gasteiger partial charge < -0.3 is 4.74 Å². The molecule has 3 nitrogen and oxygen atoms in total. The van der Waals surface area contributed by atoms with Gasteiger partial charge in [0.1, 0.15) is 6.61 Å². The maximum atomic E-state index is 5.06. The number of nitrogens with zero attached hydrogens (tertiary/aromatic N) is 1. The van der Waals surface area contributed by atoms with Gasteiger partial charge in [0.25, 0.3) is 0 Å². The maximum Gasteiger partial charge on any atom is 0.209 e. The molecule has 0 aliphatic rings. The lowest BCUT2D eigenvalue weighted by molar-refractivity contribution is 0.348. The van der Waals surface area contributed by atoms with Gasteiger partial charge in [-0.2, -0.15) is 5.10 Å². The van der Waals surface area contributed by atoms with Gasteiger partial charge in [0, 0.05) is 6.07 Å². The number of ether oxygens (including phenoxy) is 1. The van der Waals surface area contributed by atoms with Crippen molar-refractivity contribution in [2.45, 2.75) is 0 Å². The first-order chi connectivity index (χ1) is 4.43. The Bertz CT molecular complexity index is 169. The van der Waals surface area contributed by atoms with Crippen LogP contribution in [0.5, 0.6) is 5.88 Å². The van der Waals surface area contributed by atoms with Crippen molar-refractivity contribution in [3.05, 3.63) is 24.9 Å². The van der Waals surface area contributed by atoms with Gasteiger partial charge in [0.15, 0.2) is 0 Å². The number of rotatable bonds is 3. The molecule has 0 radical (unpaired) electrons. The summed E-state index contributed by atoms with van der Waals surface area (Å²) in [5.41, 5.74) is 0. The highest BCUT2D eigenvalue weighted by Crippen LogP contribution is 2.00. The van der Waals surface area contributed by atoms with Gasteiger partial charge in [-0.1, -0.05) is 12.7 Å². The lowest BCUT2D eigenvalue weighted by Crippen LogP contribution is -1.91. The molecule has 9 heavy (non-hydrogen) atoms. The van der Waals surface area contributed by atoms with E-state index in [2.05, 4.69) is 16.8 Å². The van der Waals surface area contributed by atoms with Crippen molar-refractivity contribution < 1.29 is 4.74 Å². The molecule has 0 atom stereocenters. The van der Waals surface area contributed by atoms with Gasteiger partial charge >= 0.3 is 0 Å². The third kappa shape index (κ3) is 1.60. The van der Waals surface area contributed by atoms with Crippen LogP contribution in [0.25, 0.3) is 0 Å². The average Bonchev–Trinajstić information content (AvgIpc) is 2.34. The fourth-order valence-electron chi connectivity index (χ4n) is 0.472. The van der Waals surface area contributed by atoms with Gasteiger partial charge in [-0.3, -0.25) is 0 Å². The Kier molecular flexibility index (Phi) is 1.90. The molecule has 0 saturated carbocycles. The van der Waals surface area contributed by atoms with E-state index in [1.807, 2.05) is 0 Å². The molecular formula is C6H8N2O. The monoisotopic (exact) mass is 124 g/mol.